The van der Waals surface area contributed by atoms with Gasteiger partial charge in [-0.05, 0) is 20.3 Å². The van der Waals surface area contributed by atoms with Gasteiger partial charge in [0.1, 0.15) is 0 Å². The molecular weight excluding hydrogens is 224 g/mol. The van der Waals surface area contributed by atoms with Crippen LogP contribution in [0.2, 0.25) is 0 Å². The Balaban J connectivity index is 2.63. The van der Waals surface area contributed by atoms with E-state index in [9.17, 15) is 9.59 Å². The number of oxime groups is 1. The molecule has 6 nitrogen and oxygen atoms in total. The topological polar surface area (TPSA) is 79.2 Å². The molecule has 0 aromatic heterocycles. The monoisotopic (exact) mass is 242 g/mol. The Morgan fingerprint density at radius 2 is 2.24 bits per heavy atom. The zero-order chi connectivity index (χ0) is 13.0. The summed E-state index contributed by atoms with van der Waals surface area (Å²) >= 11 is 0. The molecular formula is C11H18N2O4. The van der Waals surface area contributed by atoms with Crippen LogP contribution in [0.15, 0.2) is 5.16 Å². The molecule has 17 heavy (non-hydrogen) atoms. The summed E-state index contributed by atoms with van der Waals surface area (Å²) in [4.78, 5) is 29.3. The Labute approximate surface area is 100 Å². The first kappa shape index (κ1) is 13.5. The lowest BCUT2D eigenvalue weighted by atomic mass is 10.1. The fraction of sp³-hybridized carbons (Fsp3) is 0.727. The molecule has 0 aromatic rings. The van der Waals surface area contributed by atoms with Crippen LogP contribution in [0.3, 0.4) is 0 Å². The quantitative estimate of drug-likeness (QED) is 0.775. The van der Waals surface area contributed by atoms with Crippen LogP contribution >= 0.6 is 0 Å². The first-order chi connectivity index (χ1) is 7.97. The maximum atomic E-state index is 12.1. The van der Waals surface area contributed by atoms with Crippen molar-refractivity contribution in [2.75, 3.05) is 6.54 Å². The third-order valence-electron chi connectivity index (χ3n) is 2.56. The van der Waals surface area contributed by atoms with Gasteiger partial charge in [0, 0.05) is 19.0 Å². The van der Waals surface area contributed by atoms with Crippen molar-refractivity contribution in [2.45, 2.75) is 45.8 Å². The van der Waals surface area contributed by atoms with Gasteiger partial charge in [-0.15, -0.1) is 0 Å². The van der Waals surface area contributed by atoms with Crippen LogP contribution in [0.5, 0.6) is 0 Å². The first-order valence-electron chi connectivity index (χ1n) is 5.73. The van der Waals surface area contributed by atoms with Gasteiger partial charge in [0.2, 0.25) is 6.10 Å². The summed E-state index contributed by atoms with van der Waals surface area (Å²) in [5, 5.41) is 12.1. The van der Waals surface area contributed by atoms with Crippen molar-refractivity contribution in [3.8, 4) is 0 Å². The zero-order valence-corrected chi connectivity index (χ0v) is 10.3. The molecule has 0 radical (unpaired) electrons. The number of hydrogen-bond donors (Lipinski definition) is 1. The molecule has 0 aliphatic carbocycles. The van der Waals surface area contributed by atoms with Gasteiger partial charge in [-0.2, -0.15) is 0 Å². The van der Waals surface area contributed by atoms with Gasteiger partial charge in [0.05, 0.1) is 0 Å². The predicted molar refractivity (Wildman–Crippen MR) is 61.7 cm³/mol. The van der Waals surface area contributed by atoms with Crippen molar-refractivity contribution >= 4 is 17.6 Å². The second-order valence-electron chi connectivity index (χ2n) is 4.27. The molecule has 0 saturated carbocycles. The number of carboxylic acid groups (broad SMARTS) is 1. The van der Waals surface area contributed by atoms with Crippen molar-refractivity contribution in [1.29, 1.82) is 0 Å². The van der Waals surface area contributed by atoms with E-state index in [1.807, 2.05) is 20.8 Å². The summed E-state index contributed by atoms with van der Waals surface area (Å²) in [6, 6.07) is 0.0694. The normalized spacial score (nSPS) is 18.8. The van der Waals surface area contributed by atoms with Crippen molar-refractivity contribution in [3.05, 3.63) is 0 Å². The molecule has 0 fully saturated rings. The number of hydrogen-bond acceptors (Lipinski definition) is 4. The van der Waals surface area contributed by atoms with E-state index in [0.717, 1.165) is 6.42 Å². The van der Waals surface area contributed by atoms with Crippen LogP contribution in [0.1, 0.15) is 33.6 Å². The van der Waals surface area contributed by atoms with Gasteiger partial charge in [0.25, 0.3) is 5.91 Å². The van der Waals surface area contributed by atoms with E-state index in [2.05, 4.69) is 5.16 Å². The molecule has 1 aliphatic rings. The zero-order valence-electron chi connectivity index (χ0n) is 10.3. The van der Waals surface area contributed by atoms with E-state index in [1.54, 1.807) is 4.90 Å². The Bertz CT molecular complexity index is 338. The smallest absolute Gasteiger partial charge is 0.353 e. The van der Waals surface area contributed by atoms with Gasteiger partial charge >= 0.3 is 5.97 Å². The van der Waals surface area contributed by atoms with Gasteiger partial charge in [-0.3, -0.25) is 4.79 Å². The van der Waals surface area contributed by atoms with Crippen LogP contribution < -0.4 is 0 Å². The highest BCUT2D eigenvalue weighted by atomic mass is 16.6. The number of carbonyl (C=O) groups is 2. The lowest BCUT2D eigenvalue weighted by Crippen LogP contribution is -2.44. The molecule has 1 unspecified atom stereocenters. The summed E-state index contributed by atoms with van der Waals surface area (Å²) in [6.07, 6.45) is 0.111. The Kier molecular flexibility index (Phi) is 4.48. The Hall–Kier alpha value is -1.59. The molecule has 1 heterocycles. The summed E-state index contributed by atoms with van der Waals surface area (Å²) in [5.74, 6) is -1.33. The molecule has 6 heteroatoms. The maximum absolute atomic E-state index is 12.1. The van der Waals surface area contributed by atoms with Crippen molar-refractivity contribution in [3.63, 3.8) is 0 Å². The highest BCUT2D eigenvalue weighted by molar-refractivity contribution is 6.36. The minimum Gasteiger partial charge on any atom is -0.477 e. The molecule has 1 atom stereocenters. The fourth-order valence-electron chi connectivity index (χ4n) is 1.68. The highest BCUT2D eigenvalue weighted by Crippen LogP contribution is 2.15. The average Bonchev–Trinajstić information content (AvgIpc) is 2.73. The van der Waals surface area contributed by atoms with E-state index in [4.69, 9.17) is 9.94 Å². The molecule has 96 valence electrons. The van der Waals surface area contributed by atoms with E-state index in [-0.39, 0.29) is 24.1 Å². The summed E-state index contributed by atoms with van der Waals surface area (Å²) in [5.41, 5.74) is -0.0939. The lowest BCUT2D eigenvalue weighted by Gasteiger charge is -2.27. The number of carboxylic acids is 1. The van der Waals surface area contributed by atoms with E-state index < -0.39 is 12.1 Å². The number of amides is 1. The predicted octanol–water partition coefficient (Wildman–Crippen LogP) is 0.863. The standard InChI is InChI=1S/C11H18N2O4/c1-4-5-13(7(2)3)10(14)9-6-8(11(15)16)12-17-9/h7,9H,4-6H2,1-3H3,(H,15,16). The molecule has 0 aromatic carbocycles. The third kappa shape index (κ3) is 3.18. The van der Waals surface area contributed by atoms with Gasteiger partial charge in [0.15, 0.2) is 5.71 Å². The maximum Gasteiger partial charge on any atom is 0.353 e. The molecule has 1 N–H and O–H groups in total. The number of rotatable bonds is 5. The third-order valence-corrected chi connectivity index (χ3v) is 2.56. The Morgan fingerprint density at radius 1 is 1.59 bits per heavy atom. The van der Waals surface area contributed by atoms with Crippen LogP contribution in [0.4, 0.5) is 0 Å². The first-order valence-corrected chi connectivity index (χ1v) is 5.73. The highest BCUT2D eigenvalue weighted by Gasteiger charge is 2.34. The minimum atomic E-state index is -1.13. The van der Waals surface area contributed by atoms with E-state index in [1.165, 1.54) is 0 Å². The number of aliphatic carboxylic acids is 1. The van der Waals surface area contributed by atoms with Crippen LogP contribution in [0, 0.1) is 0 Å². The minimum absolute atomic E-state index is 0.0428. The summed E-state index contributed by atoms with van der Waals surface area (Å²) < 4.78 is 0. The molecule has 1 rings (SSSR count). The number of carbonyl (C=O) groups excluding carboxylic acids is 1. The lowest BCUT2D eigenvalue weighted by molar-refractivity contribution is -0.143. The molecule has 0 saturated heterocycles. The van der Waals surface area contributed by atoms with E-state index >= 15 is 0 Å². The molecule has 1 amide bonds. The van der Waals surface area contributed by atoms with E-state index in [0.29, 0.717) is 6.54 Å². The molecule has 1 aliphatic heterocycles. The van der Waals surface area contributed by atoms with Crippen molar-refractivity contribution < 1.29 is 19.5 Å². The largest absolute Gasteiger partial charge is 0.477 e. The SMILES string of the molecule is CCCN(C(=O)C1CC(C(=O)O)=NO1)C(C)C. The van der Waals surface area contributed by atoms with Crippen LogP contribution in [0.25, 0.3) is 0 Å². The van der Waals surface area contributed by atoms with Gasteiger partial charge in [-0.1, -0.05) is 12.1 Å². The van der Waals surface area contributed by atoms with Crippen LogP contribution in [-0.2, 0) is 14.4 Å². The van der Waals surface area contributed by atoms with Crippen molar-refractivity contribution in [2.24, 2.45) is 5.16 Å². The van der Waals surface area contributed by atoms with Crippen molar-refractivity contribution in [1.82, 2.24) is 4.90 Å². The summed E-state index contributed by atoms with van der Waals surface area (Å²) in [6.45, 7) is 6.46. The molecule has 0 spiro atoms. The Morgan fingerprint density at radius 3 is 2.65 bits per heavy atom. The molecule has 0 bridgehead atoms. The van der Waals surface area contributed by atoms with Crippen LogP contribution in [-0.4, -0.2) is 46.3 Å². The number of nitrogens with zero attached hydrogens (tertiary/aromatic N) is 2. The fourth-order valence-corrected chi connectivity index (χ4v) is 1.68. The van der Waals surface area contributed by atoms with Gasteiger partial charge in [-0.25, -0.2) is 4.79 Å². The second-order valence-corrected chi connectivity index (χ2v) is 4.27. The average molecular weight is 242 g/mol. The van der Waals surface area contributed by atoms with Gasteiger partial charge < -0.3 is 14.8 Å². The summed E-state index contributed by atoms with van der Waals surface area (Å²) in [7, 11) is 0. The second kappa shape index (κ2) is 5.65.